The highest BCUT2D eigenvalue weighted by atomic mass is 31.2. The molecule has 1 aliphatic rings. The summed E-state index contributed by atoms with van der Waals surface area (Å²) in [6.45, 7) is 4.90. The maximum atomic E-state index is 13.1. The number of aromatic amines is 1. The maximum absolute atomic E-state index is 13.1. The van der Waals surface area contributed by atoms with Gasteiger partial charge in [0.2, 0.25) is 5.91 Å². The second kappa shape index (κ2) is 12.0. The summed E-state index contributed by atoms with van der Waals surface area (Å²) in [6, 6.07) is 4.63. The lowest BCUT2D eigenvalue weighted by molar-refractivity contribution is -0.270. The number of carbonyl (C=O) groups is 2. The van der Waals surface area contributed by atoms with E-state index in [0.29, 0.717) is 5.56 Å². The molecule has 1 saturated heterocycles. The highest BCUT2D eigenvalue weighted by Gasteiger charge is 2.45. The molecule has 0 spiro atoms. The van der Waals surface area contributed by atoms with E-state index in [1.807, 2.05) is 24.3 Å². The van der Waals surface area contributed by atoms with Crippen LogP contribution in [-0.4, -0.2) is 85.0 Å². The van der Waals surface area contributed by atoms with Crippen molar-refractivity contribution in [3.8, 4) is 0 Å². The molecule has 8 atom stereocenters. The fourth-order valence-corrected chi connectivity index (χ4v) is 5.28. The van der Waals surface area contributed by atoms with E-state index in [-0.39, 0.29) is 18.8 Å². The third kappa shape index (κ3) is 7.37. The molecule has 13 nitrogen and oxygen atoms in total. The molecule has 0 aliphatic carbocycles. The van der Waals surface area contributed by atoms with Crippen molar-refractivity contribution in [2.24, 2.45) is 5.92 Å². The van der Waals surface area contributed by atoms with Crippen LogP contribution in [-0.2, 0) is 29.8 Å². The molecule has 14 heteroatoms. The number of ether oxygens (including phenoxy) is 1. The Labute approximate surface area is 213 Å². The minimum absolute atomic E-state index is 0.0347. The van der Waals surface area contributed by atoms with Crippen molar-refractivity contribution in [2.75, 3.05) is 0 Å². The van der Waals surface area contributed by atoms with E-state index in [4.69, 9.17) is 9.26 Å². The van der Waals surface area contributed by atoms with E-state index in [9.17, 15) is 39.5 Å². The van der Waals surface area contributed by atoms with E-state index < -0.39 is 62.4 Å². The number of aliphatic hydroxyl groups is 3. The minimum Gasteiger partial charge on any atom is -0.480 e. The van der Waals surface area contributed by atoms with Crippen LogP contribution in [0.15, 0.2) is 30.5 Å². The van der Waals surface area contributed by atoms with Gasteiger partial charge in [0.15, 0.2) is 6.29 Å². The second-order valence-corrected chi connectivity index (χ2v) is 11.1. The Bertz CT molecular complexity index is 1140. The summed E-state index contributed by atoms with van der Waals surface area (Å²) in [5, 5.41) is 45.0. The van der Waals surface area contributed by atoms with Crippen molar-refractivity contribution < 1.29 is 48.7 Å². The molecule has 1 aromatic carbocycles. The summed E-state index contributed by atoms with van der Waals surface area (Å²) >= 11 is 0. The van der Waals surface area contributed by atoms with Crippen molar-refractivity contribution in [2.45, 2.75) is 76.4 Å². The molecule has 0 saturated carbocycles. The van der Waals surface area contributed by atoms with E-state index in [1.165, 1.54) is 6.92 Å². The van der Waals surface area contributed by atoms with Gasteiger partial charge in [0.25, 0.3) is 0 Å². The van der Waals surface area contributed by atoms with Crippen molar-refractivity contribution in [3.63, 3.8) is 0 Å². The Morgan fingerprint density at radius 2 is 1.81 bits per heavy atom. The van der Waals surface area contributed by atoms with Crippen LogP contribution in [0.25, 0.3) is 10.9 Å². The molecule has 2 aromatic rings. The molecule has 0 radical (unpaired) electrons. The molecule has 1 fully saturated rings. The van der Waals surface area contributed by atoms with E-state index >= 15 is 0 Å². The number of benzene rings is 1. The Balaban J connectivity index is 1.72. The van der Waals surface area contributed by atoms with Gasteiger partial charge < -0.3 is 40.4 Å². The highest BCUT2D eigenvalue weighted by molar-refractivity contribution is 7.50. The fraction of sp³-hybridized carbons (Fsp3) is 0.565. The zero-order valence-corrected chi connectivity index (χ0v) is 21.5. The first-order valence-corrected chi connectivity index (χ1v) is 13.4. The number of hydrogen-bond acceptors (Lipinski definition) is 8. The summed E-state index contributed by atoms with van der Waals surface area (Å²) in [4.78, 5) is 38.5. The average molecular weight is 544 g/mol. The fourth-order valence-electron chi connectivity index (χ4n) is 4.15. The Morgan fingerprint density at radius 3 is 2.46 bits per heavy atom. The molecule has 1 amide bonds. The zero-order valence-electron chi connectivity index (χ0n) is 20.6. The van der Waals surface area contributed by atoms with E-state index in [1.54, 1.807) is 20.0 Å². The van der Waals surface area contributed by atoms with Crippen LogP contribution >= 0.6 is 7.75 Å². The SMILES string of the molecule is CC(C)C[C@H](NP(=O)(O)O[C@@H]1O[C@@H](C)[C@H](O)[C@H](O)[C@@H]1O)C(=O)N[C@@H](Cc1c[nH]c2ccccc12)C(=O)O. The van der Waals surface area contributed by atoms with Gasteiger partial charge in [-0.2, -0.15) is 0 Å². The standard InChI is InChI=1S/C23H34N3O10P/c1-11(2)8-16(26-37(33,34)36-23-20(29)19(28)18(27)12(3)35-23)21(30)25-17(22(31)32)9-13-10-24-15-7-5-4-6-14(13)15/h4-7,10-12,16-20,23-24,27-29H,8-9H2,1-3H3,(H,25,30)(H,31,32)(H2,26,33,34)/t12-,16-,17-,18-,19-,20-,23-/m0/s1. The van der Waals surface area contributed by atoms with Gasteiger partial charge in [-0.25, -0.2) is 14.4 Å². The Hall–Kier alpha value is -2.35. The number of H-pyrrole nitrogens is 1. The number of amides is 1. The summed E-state index contributed by atoms with van der Waals surface area (Å²) in [6.07, 6.45) is -6.08. The molecule has 37 heavy (non-hydrogen) atoms. The van der Waals surface area contributed by atoms with Crippen LogP contribution in [0.3, 0.4) is 0 Å². The number of hydrogen-bond donors (Lipinski definition) is 8. The molecular weight excluding hydrogens is 509 g/mol. The quantitative estimate of drug-likeness (QED) is 0.180. The van der Waals surface area contributed by atoms with Crippen LogP contribution in [0.4, 0.5) is 0 Å². The number of aliphatic hydroxyl groups excluding tert-OH is 3. The number of aromatic nitrogens is 1. The molecule has 206 valence electrons. The molecule has 0 bridgehead atoms. The normalized spacial score (nSPS) is 27.5. The molecule has 1 aromatic heterocycles. The lowest BCUT2D eigenvalue weighted by Crippen LogP contribution is -2.57. The molecule has 1 aliphatic heterocycles. The van der Waals surface area contributed by atoms with Crippen LogP contribution in [0.5, 0.6) is 0 Å². The van der Waals surface area contributed by atoms with E-state index in [2.05, 4.69) is 15.4 Å². The monoisotopic (exact) mass is 543 g/mol. The number of aliphatic carboxylic acids is 1. The minimum atomic E-state index is -4.83. The van der Waals surface area contributed by atoms with Crippen LogP contribution in [0.2, 0.25) is 0 Å². The number of fused-ring (bicyclic) bond motifs is 1. The molecular formula is C23H34N3O10P. The molecule has 8 N–H and O–H groups in total. The molecule has 2 heterocycles. The predicted octanol–water partition coefficient (Wildman–Crippen LogP) is 0.229. The van der Waals surface area contributed by atoms with Gasteiger partial charge in [-0.3, -0.25) is 9.32 Å². The van der Waals surface area contributed by atoms with Crippen molar-refractivity contribution in [3.05, 3.63) is 36.0 Å². The summed E-state index contributed by atoms with van der Waals surface area (Å²) < 4.78 is 23.0. The first-order valence-electron chi connectivity index (χ1n) is 11.9. The van der Waals surface area contributed by atoms with Crippen molar-refractivity contribution in [1.82, 2.24) is 15.4 Å². The van der Waals surface area contributed by atoms with Crippen molar-refractivity contribution in [1.29, 1.82) is 0 Å². The summed E-state index contributed by atoms with van der Waals surface area (Å²) in [5.41, 5.74) is 1.48. The van der Waals surface area contributed by atoms with Crippen LogP contribution in [0.1, 0.15) is 32.8 Å². The van der Waals surface area contributed by atoms with Gasteiger partial charge in [-0.15, -0.1) is 0 Å². The molecule has 3 rings (SSSR count). The maximum Gasteiger partial charge on any atom is 0.406 e. The number of rotatable bonds is 11. The van der Waals surface area contributed by atoms with Gasteiger partial charge in [-0.05, 0) is 30.9 Å². The van der Waals surface area contributed by atoms with Crippen LogP contribution < -0.4 is 10.4 Å². The van der Waals surface area contributed by atoms with Gasteiger partial charge in [0.05, 0.1) is 12.1 Å². The van der Waals surface area contributed by atoms with Gasteiger partial charge in [0.1, 0.15) is 24.4 Å². The van der Waals surface area contributed by atoms with Gasteiger partial charge >= 0.3 is 13.7 Å². The largest absolute Gasteiger partial charge is 0.480 e. The van der Waals surface area contributed by atoms with Gasteiger partial charge in [-0.1, -0.05) is 32.0 Å². The lowest BCUT2D eigenvalue weighted by atomic mass is 10.0. The third-order valence-electron chi connectivity index (χ3n) is 6.11. The number of carbonyl (C=O) groups excluding carboxylic acids is 1. The second-order valence-electron chi connectivity index (χ2n) is 9.58. The number of nitrogens with one attached hydrogen (secondary N) is 3. The van der Waals surface area contributed by atoms with Gasteiger partial charge in [0, 0.05) is 23.5 Å². The summed E-state index contributed by atoms with van der Waals surface area (Å²) in [7, 11) is -4.83. The summed E-state index contributed by atoms with van der Waals surface area (Å²) in [5.74, 6) is -2.27. The van der Waals surface area contributed by atoms with E-state index in [0.717, 1.165) is 10.9 Å². The van der Waals surface area contributed by atoms with Crippen molar-refractivity contribution >= 4 is 30.5 Å². The third-order valence-corrected chi connectivity index (χ3v) is 7.24. The first-order chi connectivity index (χ1) is 17.3. The van der Waals surface area contributed by atoms with Crippen LogP contribution in [0, 0.1) is 5.92 Å². The predicted molar refractivity (Wildman–Crippen MR) is 131 cm³/mol. The first kappa shape index (κ1) is 29.2. The number of para-hydroxylation sites is 1. The topological polar surface area (TPSA) is 211 Å². The lowest BCUT2D eigenvalue weighted by Gasteiger charge is -2.39. The zero-order chi connectivity index (χ0) is 27.5. The average Bonchev–Trinajstić information content (AvgIpc) is 3.22. The Kier molecular flexibility index (Phi) is 9.48. The smallest absolute Gasteiger partial charge is 0.406 e. The number of carboxylic acids is 1. The Morgan fingerprint density at radius 1 is 1.14 bits per heavy atom. The number of carboxylic acid groups (broad SMARTS) is 1. The highest BCUT2D eigenvalue weighted by Crippen LogP contribution is 2.42. The molecule has 1 unspecified atom stereocenters.